The first-order valence-corrected chi connectivity index (χ1v) is 7.31. The van der Waals surface area contributed by atoms with Crippen molar-refractivity contribution in [3.63, 3.8) is 0 Å². The topological polar surface area (TPSA) is 54.0 Å². The molecule has 5 nitrogen and oxygen atoms in total. The van der Waals surface area contributed by atoms with Crippen LogP contribution in [0.15, 0.2) is 18.2 Å². The molecule has 1 aromatic rings. The Balaban J connectivity index is 2.27. The Kier molecular flexibility index (Phi) is 4.54. The molecule has 0 unspecified atom stereocenters. The van der Waals surface area contributed by atoms with E-state index in [2.05, 4.69) is 0 Å². The van der Waals surface area contributed by atoms with E-state index in [9.17, 15) is 4.79 Å². The maximum absolute atomic E-state index is 11.9. The quantitative estimate of drug-likeness (QED) is 0.632. The monoisotopic (exact) mass is 306 g/mol. The third-order valence-corrected chi connectivity index (χ3v) is 4.41. The summed E-state index contributed by atoms with van der Waals surface area (Å²) >= 11 is 0. The Labute approximate surface area is 132 Å². The van der Waals surface area contributed by atoms with Gasteiger partial charge in [0.2, 0.25) is 0 Å². The molecule has 0 bridgehead atoms. The molecule has 1 fully saturated rings. The van der Waals surface area contributed by atoms with Crippen LogP contribution in [0.2, 0.25) is 0 Å². The Morgan fingerprint density at radius 1 is 1.14 bits per heavy atom. The van der Waals surface area contributed by atoms with Gasteiger partial charge in [0.05, 0.1) is 31.0 Å². The number of benzene rings is 1. The number of ether oxygens (including phenoxy) is 2. The highest BCUT2D eigenvalue weighted by molar-refractivity contribution is 6.45. The second kappa shape index (κ2) is 5.93. The average Bonchev–Trinajstić information content (AvgIpc) is 2.65. The first-order valence-electron chi connectivity index (χ1n) is 7.31. The SMILES string of the molecule is COC(=O)c1ccc(OC)cc1CB1OC(C)(C)C(C)(C)O1. The molecule has 22 heavy (non-hydrogen) atoms. The molecular weight excluding hydrogens is 283 g/mol. The summed E-state index contributed by atoms with van der Waals surface area (Å²) in [5.41, 5.74) is 0.479. The zero-order valence-corrected chi connectivity index (χ0v) is 14.1. The highest BCUT2D eigenvalue weighted by Gasteiger charge is 2.51. The molecule has 0 atom stereocenters. The van der Waals surface area contributed by atoms with Gasteiger partial charge in [-0.2, -0.15) is 0 Å². The summed E-state index contributed by atoms with van der Waals surface area (Å²) in [5.74, 6) is 0.299. The molecule has 1 aliphatic heterocycles. The van der Waals surface area contributed by atoms with Crippen LogP contribution in [0.5, 0.6) is 5.75 Å². The van der Waals surface area contributed by atoms with E-state index in [1.807, 2.05) is 33.8 Å². The second-order valence-electron chi connectivity index (χ2n) is 6.40. The van der Waals surface area contributed by atoms with Gasteiger partial charge in [-0.1, -0.05) is 0 Å². The summed E-state index contributed by atoms with van der Waals surface area (Å²) in [7, 11) is 2.54. The molecular formula is C16H23BO5. The van der Waals surface area contributed by atoms with Gasteiger partial charge in [-0.25, -0.2) is 4.79 Å². The fourth-order valence-electron chi connectivity index (χ4n) is 2.40. The van der Waals surface area contributed by atoms with Gasteiger partial charge in [0.1, 0.15) is 5.75 Å². The number of carbonyl (C=O) groups excluding carboxylic acids is 1. The van der Waals surface area contributed by atoms with Crippen LogP contribution in [-0.4, -0.2) is 38.5 Å². The molecule has 0 saturated carbocycles. The lowest BCUT2D eigenvalue weighted by molar-refractivity contribution is 0.00578. The van der Waals surface area contributed by atoms with E-state index in [-0.39, 0.29) is 5.97 Å². The number of hydrogen-bond acceptors (Lipinski definition) is 5. The van der Waals surface area contributed by atoms with Crippen molar-refractivity contribution in [2.75, 3.05) is 14.2 Å². The molecule has 1 heterocycles. The van der Waals surface area contributed by atoms with Crippen LogP contribution in [0.3, 0.4) is 0 Å². The predicted octanol–water partition coefficient (Wildman–Crippen LogP) is 2.66. The number of hydrogen-bond donors (Lipinski definition) is 0. The summed E-state index contributed by atoms with van der Waals surface area (Å²) in [5, 5.41) is 0. The Bertz CT molecular complexity index is 552. The zero-order valence-electron chi connectivity index (χ0n) is 14.1. The fourth-order valence-corrected chi connectivity index (χ4v) is 2.40. The van der Waals surface area contributed by atoms with Crippen molar-refractivity contribution in [3.05, 3.63) is 29.3 Å². The summed E-state index contributed by atoms with van der Waals surface area (Å²) < 4.78 is 22.1. The molecule has 1 aliphatic rings. The number of esters is 1. The molecule has 0 radical (unpaired) electrons. The average molecular weight is 306 g/mol. The summed E-state index contributed by atoms with van der Waals surface area (Å²) in [6.07, 6.45) is 0.453. The lowest BCUT2D eigenvalue weighted by Crippen LogP contribution is -2.41. The van der Waals surface area contributed by atoms with Crippen LogP contribution in [0, 0.1) is 0 Å². The fraction of sp³-hybridized carbons (Fsp3) is 0.562. The molecule has 2 rings (SSSR count). The minimum absolute atomic E-state index is 0.380. The Morgan fingerprint density at radius 3 is 2.23 bits per heavy atom. The maximum atomic E-state index is 11.9. The minimum atomic E-state index is -0.416. The maximum Gasteiger partial charge on any atom is 0.462 e. The first-order chi connectivity index (χ1) is 10.2. The minimum Gasteiger partial charge on any atom is -0.497 e. The highest BCUT2D eigenvalue weighted by Crippen LogP contribution is 2.37. The third-order valence-electron chi connectivity index (χ3n) is 4.41. The molecule has 120 valence electrons. The molecule has 0 aromatic heterocycles. The molecule has 0 amide bonds. The Hall–Kier alpha value is -1.53. The molecule has 0 N–H and O–H groups in total. The molecule has 0 spiro atoms. The van der Waals surface area contributed by atoms with E-state index < -0.39 is 18.3 Å². The van der Waals surface area contributed by atoms with Crippen molar-refractivity contribution in [1.29, 1.82) is 0 Å². The van der Waals surface area contributed by atoms with Gasteiger partial charge in [0.15, 0.2) is 0 Å². The van der Waals surface area contributed by atoms with Gasteiger partial charge in [-0.15, -0.1) is 0 Å². The Morgan fingerprint density at radius 2 is 1.73 bits per heavy atom. The standard InChI is InChI=1S/C16H23BO5/c1-15(2)16(3,4)22-17(21-15)10-11-9-12(19-5)7-8-13(11)14(18)20-6/h7-9H,10H2,1-6H3. The summed E-state index contributed by atoms with van der Waals surface area (Å²) in [4.78, 5) is 11.9. The van der Waals surface area contributed by atoms with Crippen molar-refractivity contribution in [3.8, 4) is 5.75 Å². The molecule has 1 aromatic carbocycles. The lowest BCUT2D eigenvalue weighted by atomic mass is 9.79. The van der Waals surface area contributed by atoms with Gasteiger partial charge in [0.25, 0.3) is 0 Å². The van der Waals surface area contributed by atoms with E-state index in [0.29, 0.717) is 17.6 Å². The van der Waals surface area contributed by atoms with Gasteiger partial charge in [0, 0.05) is 6.32 Å². The highest BCUT2D eigenvalue weighted by atomic mass is 16.7. The van der Waals surface area contributed by atoms with Crippen LogP contribution in [0.4, 0.5) is 0 Å². The van der Waals surface area contributed by atoms with Crippen molar-refractivity contribution in [1.82, 2.24) is 0 Å². The van der Waals surface area contributed by atoms with Gasteiger partial charge in [-0.3, -0.25) is 0 Å². The van der Waals surface area contributed by atoms with Crippen LogP contribution in [-0.2, 0) is 20.4 Å². The smallest absolute Gasteiger partial charge is 0.462 e. The molecule has 6 heteroatoms. The zero-order chi connectivity index (χ0) is 16.5. The lowest BCUT2D eigenvalue weighted by Gasteiger charge is -2.32. The third kappa shape index (κ3) is 3.13. The first kappa shape index (κ1) is 16.8. The number of carbonyl (C=O) groups is 1. The van der Waals surface area contributed by atoms with E-state index in [0.717, 1.165) is 5.56 Å². The van der Waals surface area contributed by atoms with Crippen LogP contribution in [0.1, 0.15) is 43.6 Å². The van der Waals surface area contributed by atoms with E-state index in [1.165, 1.54) is 7.11 Å². The normalized spacial score (nSPS) is 19.1. The van der Waals surface area contributed by atoms with Crippen LogP contribution < -0.4 is 4.74 Å². The van der Waals surface area contributed by atoms with Crippen molar-refractivity contribution < 1.29 is 23.6 Å². The van der Waals surface area contributed by atoms with Crippen molar-refractivity contribution in [2.24, 2.45) is 0 Å². The van der Waals surface area contributed by atoms with Crippen LogP contribution >= 0.6 is 0 Å². The summed E-state index contributed by atoms with van der Waals surface area (Å²) in [6, 6.07) is 5.25. The van der Waals surface area contributed by atoms with Gasteiger partial charge >= 0.3 is 13.1 Å². The molecule has 1 saturated heterocycles. The number of rotatable bonds is 4. The summed E-state index contributed by atoms with van der Waals surface area (Å²) in [6.45, 7) is 8.00. The largest absolute Gasteiger partial charge is 0.497 e. The van der Waals surface area contributed by atoms with E-state index >= 15 is 0 Å². The van der Waals surface area contributed by atoms with E-state index in [4.69, 9.17) is 18.8 Å². The van der Waals surface area contributed by atoms with Crippen molar-refractivity contribution in [2.45, 2.75) is 45.2 Å². The second-order valence-corrected chi connectivity index (χ2v) is 6.40. The predicted molar refractivity (Wildman–Crippen MR) is 84.1 cm³/mol. The number of methoxy groups -OCH3 is 2. The van der Waals surface area contributed by atoms with E-state index in [1.54, 1.807) is 19.2 Å². The van der Waals surface area contributed by atoms with Gasteiger partial charge in [-0.05, 0) is 51.5 Å². The van der Waals surface area contributed by atoms with Crippen molar-refractivity contribution >= 4 is 13.1 Å². The molecule has 0 aliphatic carbocycles. The van der Waals surface area contributed by atoms with Gasteiger partial charge < -0.3 is 18.8 Å². The van der Waals surface area contributed by atoms with Crippen LogP contribution in [0.25, 0.3) is 0 Å².